The van der Waals surface area contributed by atoms with Crippen molar-refractivity contribution in [1.82, 2.24) is 15.0 Å². The summed E-state index contributed by atoms with van der Waals surface area (Å²) >= 11 is 0. The molecule has 5 heteroatoms. The molecule has 2 unspecified atom stereocenters. The minimum absolute atomic E-state index is 0.363. The summed E-state index contributed by atoms with van der Waals surface area (Å²) in [4.78, 5) is 6.64. The Hall–Kier alpha value is -0.940. The zero-order chi connectivity index (χ0) is 10.3. The molecule has 2 aliphatic rings. The molecule has 1 aromatic heterocycles. The van der Waals surface area contributed by atoms with E-state index in [1.165, 1.54) is 25.8 Å². The molecule has 0 aromatic carbocycles. The molecule has 5 nitrogen and oxygen atoms in total. The zero-order valence-corrected chi connectivity index (χ0v) is 8.72. The number of fused-ring (bicyclic) bond motifs is 1. The van der Waals surface area contributed by atoms with Gasteiger partial charge in [-0.1, -0.05) is 5.16 Å². The summed E-state index contributed by atoms with van der Waals surface area (Å²) in [5.74, 6) is 0.675. The molecule has 82 valence electrons. The monoisotopic (exact) mass is 208 g/mol. The lowest BCUT2D eigenvalue weighted by Gasteiger charge is -2.39. The first-order chi connectivity index (χ1) is 7.28. The smallest absolute Gasteiger partial charge is 0.213 e. The summed E-state index contributed by atoms with van der Waals surface area (Å²) in [6, 6.07) is 0.627. The highest BCUT2D eigenvalue weighted by atomic mass is 16.5. The number of piperidine rings is 1. The third kappa shape index (κ3) is 1.46. The van der Waals surface area contributed by atoms with Crippen LogP contribution in [0, 0.1) is 0 Å². The Morgan fingerprint density at radius 2 is 2.47 bits per heavy atom. The van der Waals surface area contributed by atoms with Crippen LogP contribution in [0.1, 0.15) is 31.5 Å². The molecule has 0 bridgehead atoms. The Morgan fingerprint density at radius 1 is 1.53 bits per heavy atom. The van der Waals surface area contributed by atoms with E-state index in [4.69, 9.17) is 10.3 Å². The molecule has 0 saturated carbocycles. The third-order valence-corrected chi connectivity index (χ3v) is 3.75. The van der Waals surface area contributed by atoms with E-state index in [0.717, 1.165) is 19.4 Å². The lowest BCUT2D eigenvalue weighted by Crippen LogP contribution is -2.51. The quantitative estimate of drug-likeness (QED) is 0.727. The van der Waals surface area contributed by atoms with Crippen LogP contribution in [0.2, 0.25) is 0 Å². The number of aromatic nitrogens is 2. The second kappa shape index (κ2) is 3.28. The number of nitrogens with two attached hydrogens (primary N) is 1. The van der Waals surface area contributed by atoms with Crippen molar-refractivity contribution < 1.29 is 4.52 Å². The van der Waals surface area contributed by atoms with Crippen LogP contribution in [0.15, 0.2) is 10.9 Å². The molecule has 2 fully saturated rings. The van der Waals surface area contributed by atoms with E-state index in [1.54, 1.807) is 0 Å². The van der Waals surface area contributed by atoms with E-state index in [2.05, 4.69) is 15.0 Å². The van der Waals surface area contributed by atoms with Crippen molar-refractivity contribution >= 4 is 0 Å². The highest BCUT2D eigenvalue weighted by Crippen LogP contribution is 2.36. The lowest BCUT2D eigenvalue weighted by atomic mass is 9.83. The minimum atomic E-state index is -0.363. The van der Waals surface area contributed by atoms with Gasteiger partial charge in [-0.2, -0.15) is 4.98 Å². The van der Waals surface area contributed by atoms with Crippen LogP contribution < -0.4 is 5.73 Å². The number of hydrogen-bond donors (Lipinski definition) is 1. The van der Waals surface area contributed by atoms with Gasteiger partial charge >= 0.3 is 0 Å². The maximum Gasteiger partial charge on any atom is 0.213 e. The molecule has 2 N–H and O–H groups in total. The Balaban J connectivity index is 1.83. The van der Waals surface area contributed by atoms with Crippen molar-refractivity contribution in [1.29, 1.82) is 0 Å². The molecule has 15 heavy (non-hydrogen) atoms. The van der Waals surface area contributed by atoms with Crippen LogP contribution in [-0.4, -0.2) is 34.2 Å². The molecule has 3 heterocycles. The van der Waals surface area contributed by atoms with E-state index in [-0.39, 0.29) is 5.54 Å². The molecule has 0 spiro atoms. The largest absolute Gasteiger partial charge is 0.343 e. The van der Waals surface area contributed by atoms with E-state index in [1.807, 2.05) is 0 Å². The van der Waals surface area contributed by atoms with Gasteiger partial charge in [0.05, 0.1) is 5.54 Å². The highest BCUT2D eigenvalue weighted by molar-refractivity contribution is 5.07. The van der Waals surface area contributed by atoms with Crippen LogP contribution >= 0.6 is 0 Å². The Kier molecular flexibility index (Phi) is 2.03. The first-order valence-electron chi connectivity index (χ1n) is 5.58. The summed E-state index contributed by atoms with van der Waals surface area (Å²) in [6.07, 6.45) is 5.82. The Morgan fingerprint density at radius 3 is 3.27 bits per heavy atom. The molecule has 2 aliphatic heterocycles. The number of nitrogens with zero attached hydrogens (tertiary/aromatic N) is 3. The van der Waals surface area contributed by atoms with Gasteiger partial charge < -0.3 is 15.2 Å². The predicted octanol–water partition coefficient (Wildman–Crippen LogP) is 0.482. The first-order valence-corrected chi connectivity index (χ1v) is 5.58. The van der Waals surface area contributed by atoms with Crippen molar-refractivity contribution in [3.8, 4) is 0 Å². The molecule has 0 radical (unpaired) electrons. The summed E-state index contributed by atoms with van der Waals surface area (Å²) < 4.78 is 4.79. The fourth-order valence-corrected chi connectivity index (χ4v) is 2.88. The zero-order valence-electron chi connectivity index (χ0n) is 8.72. The van der Waals surface area contributed by atoms with Crippen molar-refractivity contribution in [3.63, 3.8) is 0 Å². The van der Waals surface area contributed by atoms with E-state index < -0.39 is 0 Å². The van der Waals surface area contributed by atoms with Crippen LogP contribution in [0.25, 0.3) is 0 Å². The van der Waals surface area contributed by atoms with Gasteiger partial charge in [0.25, 0.3) is 0 Å². The number of hydrogen-bond acceptors (Lipinski definition) is 5. The SMILES string of the molecule is NC1(c2ncon2)CCN2CCCC2C1. The highest BCUT2D eigenvalue weighted by Gasteiger charge is 2.42. The van der Waals surface area contributed by atoms with E-state index >= 15 is 0 Å². The average molecular weight is 208 g/mol. The molecule has 0 amide bonds. The summed E-state index contributed by atoms with van der Waals surface area (Å²) in [6.45, 7) is 2.29. The summed E-state index contributed by atoms with van der Waals surface area (Å²) in [5.41, 5.74) is 6.01. The molecule has 3 rings (SSSR count). The predicted molar refractivity (Wildman–Crippen MR) is 54.0 cm³/mol. The molecule has 2 saturated heterocycles. The minimum Gasteiger partial charge on any atom is -0.343 e. The second-order valence-electron chi connectivity index (χ2n) is 4.70. The van der Waals surface area contributed by atoms with Gasteiger partial charge in [0.2, 0.25) is 6.39 Å². The van der Waals surface area contributed by atoms with Crippen LogP contribution in [0.5, 0.6) is 0 Å². The fourth-order valence-electron chi connectivity index (χ4n) is 2.88. The van der Waals surface area contributed by atoms with Crippen molar-refractivity contribution in [2.75, 3.05) is 13.1 Å². The van der Waals surface area contributed by atoms with E-state index in [9.17, 15) is 0 Å². The summed E-state index contributed by atoms with van der Waals surface area (Å²) in [7, 11) is 0. The lowest BCUT2D eigenvalue weighted by molar-refractivity contribution is 0.124. The van der Waals surface area contributed by atoms with Gasteiger partial charge in [-0.05, 0) is 32.2 Å². The van der Waals surface area contributed by atoms with Gasteiger partial charge in [-0.15, -0.1) is 0 Å². The Labute approximate surface area is 88.6 Å². The maximum absolute atomic E-state index is 6.37. The van der Waals surface area contributed by atoms with Crippen LogP contribution in [0.4, 0.5) is 0 Å². The van der Waals surface area contributed by atoms with Gasteiger partial charge in [0.15, 0.2) is 5.82 Å². The first kappa shape index (κ1) is 9.30. The van der Waals surface area contributed by atoms with Gasteiger partial charge in [-0.3, -0.25) is 0 Å². The van der Waals surface area contributed by atoms with Crippen LogP contribution in [0.3, 0.4) is 0 Å². The molecular weight excluding hydrogens is 192 g/mol. The van der Waals surface area contributed by atoms with Crippen molar-refractivity contribution in [2.45, 2.75) is 37.3 Å². The molecule has 1 aromatic rings. The normalized spacial score (nSPS) is 36.7. The summed E-state index contributed by atoms with van der Waals surface area (Å²) in [5, 5.41) is 3.90. The average Bonchev–Trinajstić information content (AvgIpc) is 2.87. The topological polar surface area (TPSA) is 68.2 Å². The van der Waals surface area contributed by atoms with Gasteiger partial charge in [0.1, 0.15) is 0 Å². The Bertz CT molecular complexity index is 339. The van der Waals surface area contributed by atoms with E-state index in [0.29, 0.717) is 11.9 Å². The molecule has 0 aliphatic carbocycles. The van der Waals surface area contributed by atoms with Gasteiger partial charge in [0, 0.05) is 12.6 Å². The van der Waals surface area contributed by atoms with Gasteiger partial charge in [-0.25, -0.2) is 0 Å². The fraction of sp³-hybridized carbons (Fsp3) is 0.800. The van der Waals surface area contributed by atoms with Crippen molar-refractivity contribution in [2.24, 2.45) is 5.73 Å². The molecule has 2 atom stereocenters. The van der Waals surface area contributed by atoms with Crippen molar-refractivity contribution in [3.05, 3.63) is 12.2 Å². The third-order valence-electron chi connectivity index (χ3n) is 3.75. The molecular formula is C10H16N4O. The number of rotatable bonds is 1. The second-order valence-corrected chi connectivity index (χ2v) is 4.70. The maximum atomic E-state index is 6.37. The van der Waals surface area contributed by atoms with Crippen LogP contribution in [-0.2, 0) is 5.54 Å². The standard InChI is InChI=1S/C10H16N4O/c11-10(9-12-7-15-13-9)3-5-14-4-1-2-8(14)6-10/h7-8H,1-6,11H2.